The quantitative estimate of drug-likeness (QED) is 0.729. The standard InChI is InChI=1S/C23H25N3O4/c1-29-21(27)17-7-9-19(24-15-17)25-13-11-23(12-14-25)22(28)26-18(8-10-20(26)30-23)16-5-3-2-4-6-16/h2-7,9,15,18,20H,8,10-14H2,1H3/t18-,20+/m0/s1. The summed E-state index contributed by atoms with van der Waals surface area (Å²) in [6.45, 7) is 1.37. The number of carbonyl (C=O) groups excluding carboxylic acids is 2. The highest BCUT2D eigenvalue weighted by Crippen LogP contribution is 2.47. The van der Waals surface area contributed by atoms with Gasteiger partial charge in [0.15, 0.2) is 5.60 Å². The summed E-state index contributed by atoms with van der Waals surface area (Å²) in [4.78, 5) is 33.6. The first-order valence-corrected chi connectivity index (χ1v) is 10.5. The average molecular weight is 407 g/mol. The molecule has 0 bridgehead atoms. The van der Waals surface area contributed by atoms with Crippen LogP contribution in [0, 0.1) is 0 Å². The lowest BCUT2D eigenvalue weighted by atomic mass is 9.89. The predicted molar refractivity (Wildman–Crippen MR) is 110 cm³/mol. The van der Waals surface area contributed by atoms with Crippen molar-refractivity contribution in [2.45, 2.75) is 43.6 Å². The van der Waals surface area contributed by atoms with Gasteiger partial charge in [-0.1, -0.05) is 30.3 Å². The van der Waals surface area contributed by atoms with Gasteiger partial charge in [0.1, 0.15) is 12.0 Å². The van der Waals surface area contributed by atoms with Crippen LogP contribution in [0.5, 0.6) is 0 Å². The van der Waals surface area contributed by atoms with Crippen molar-refractivity contribution in [2.75, 3.05) is 25.1 Å². The van der Waals surface area contributed by atoms with Gasteiger partial charge in [-0.05, 0) is 30.5 Å². The SMILES string of the molecule is COC(=O)c1ccc(N2CCC3(CC2)O[C@@H]2CC[C@@H](c4ccccc4)N2C3=O)nc1. The summed E-state index contributed by atoms with van der Waals surface area (Å²) in [6, 6.07) is 13.9. The number of methoxy groups -OCH3 is 1. The first-order chi connectivity index (χ1) is 14.6. The van der Waals surface area contributed by atoms with Crippen molar-refractivity contribution in [3.63, 3.8) is 0 Å². The Hall–Kier alpha value is -2.93. The van der Waals surface area contributed by atoms with Crippen LogP contribution < -0.4 is 4.90 Å². The molecule has 1 spiro atoms. The van der Waals surface area contributed by atoms with E-state index in [1.165, 1.54) is 18.9 Å². The summed E-state index contributed by atoms with van der Waals surface area (Å²) in [5.41, 5.74) is 0.888. The average Bonchev–Trinajstić information content (AvgIpc) is 3.32. The van der Waals surface area contributed by atoms with Crippen molar-refractivity contribution in [3.8, 4) is 0 Å². The van der Waals surface area contributed by atoms with Crippen molar-refractivity contribution in [2.24, 2.45) is 0 Å². The van der Waals surface area contributed by atoms with Gasteiger partial charge in [0.05, 0.1) is 18.7 Å². The van der Waals surface area contributed by atoms with Gasteiger partial charge in [0.25, 0.3) is 5.91 Å². The minimum absolute atomic E-state index is 0.105. The number of benzene rings is 1. The second-order valence-electron chi connectivity index (χ2n) is 8.17. The molecule has 1 aromatic heterocycles. The number of carbonyl (C=O) groups is 2. The van der Waals surface area contributed by atoms with Gasteiger partial charge < -0.3 is 19.3 Å². The van der Waals surface area contributed by atoms with Crippen molar-refractivity contribution < 1.29 is 19.1 Å². The molecule has 156 valence electrons. The third-order valence-electron chi connectivity index (χ3n) is 6.57. The fourth-order valence-electron chi connectivity index (χ4n) is 4.96. The zero-order chi connectivity index (χ0) is 20.7. The number of rotatable bonds is 3. The molecule has 0 aliphatic carbocycles. The monoisotopic (exact) mass is 407 g/mol. The van der Waals surface area contributed by atoms with E-state index >= 15 is 0 Å². The van der Waals surface area contributed by atoms with Crippen molar-refractivity contribution in [1.82, 2.24) is 9.88 Å². The number of piperidine rings is 1. The van der Waals surface area contributed by atoms with Crippen LogP contribution in [0.2, 0.25) is 0 Å². The van der Waals surface area contributed by atoms with Gasteiger partial charge in [-0.2, -0.15) is 0 Å². The number of esters is 1. The van der Waals surface area contributed by atoms with Gasteiger partial charge in [-0.3, -0.25) is 4.79 Å². The van der Waals surface area contributed by atoms with Crippen LogP contribution >= 0.6 is 0 Å². The fraction of sp³-hybridized carbons (Fsp3) is 0.435. The van der Waals surface area contributed by atoms with Crippen LogP contribution in [0.1, 0.15) is 47.6 Å². The largest absolute Gasteiger partial charge is 0.465 e. The molecule has 1 aromatic carbocycles. The molecule has 3 saturated heterocycles. The molecular formula is C23H25N3O4. The summed E-state index contributed by atoms with van der Waals surface area (Å²) >= 11 is 0. The first-order valence-electron chi connectivity index (χ1n) is 10.5. The Balaban J connectivity index is 1.28. The molecule has 0 radical (unpaired) electrons. The first kappa shape index (κ1) is 19.1. The molecule has 3 aliphatic heterocycles. The van der Waals surface area contributed by atoms with E-state index in [0.29, 0.717) is 31.5 Å². The Labute approximate surface area is 175 Å². The summed E-state index contributed by atoms with van der Waals surface area (Å²) < 4.78 is 11.1. The molecule has 3 fully saturated rings. The van der Waals surface area contributed by atoms with E-state index in [0.717, 1.165) is 18.7 Å². The van der Waals surface area contributed by atoms with Gasteiger partial charge in [-0.25, -0.2) is 9.78 Å². The lowest BCUT2D eigenvalue weighted by Crippen LogP contribution is -2.50. The minimum atomic E-state index is -0.722. The number of amides is 1. The number of anilines is 1. The molecule has 5 rings (SSSR count). The maximum atomic E-state index is 13.5. The van der Waals surface area contributed by atoms with E-state index in [9.17, 15) is 9.59 Å². The molecule has 0 unspecified atom stereocenters. The normalized spacial score (nSPS) is 24.9. The Morgan fingerprint density at radius 3 is 2.57 bits per heavy atom. The molecule has 1 amide bonds. The topological polar surface area (TPSA) is 72.0 Å². The zero-order valence-electron chi connectivity index (χ0n) is 17.0. The van der Waals surface area contributed by atoms with Crippen LogP contribution in [0.3, 0.4) is 0 Å². The Morgan fingerprint density at radius 2 is 1.90 bits per heavy atom. The highest BCUT2D eigenvalue weighted by molar-refractivity contribution is 5.89. The number of ether oxygens (including phenoxy) is 2. The van der Waals surface area contributed by atoms with E-state index in [2.05, 4.69) is 22.0 Å². The summed E-state index contributed by atoms with van der Waals surface area (Å²) in [7, 11) is 1.35. The van der Waals surface area contributed by atoms with Gasteiger partial charge in [0, 0.05) is 32.1 Å². The van der Waals surface area contributed by atoms with E-state index < -0.39 is 11.6 Å². The number of aromatic nitrogens is 1. The van der Waals surface area contributed by atoms with Crippen molar-refractivity contribution in [1.29, 1.82) is 0 Å². The molecule has 7 nitrogen and oxygen atoms in total. The summed E-state index contributed by atoms with van der Waals surface area (Å²) in [6.07, 6.45) is 4.52. The molecule has 4 heterocycles. The van der Waals surface area contributed by atoms with E-state index in [1.54, 1.807) is 6.07 Å². The Morgan fingerprint density at radius 1 is 1.13 bits per heavy atom. The molecule has 0 N–H and O–H groups in total. The minimum Gasteiger partial charge on any atom is -0.465 e. The maximum Gasteiger partial charge on any atom is 0.339 e. The fourth-order valence-corrected chi connectivity index (χ4v) is 4.96. The second kappa shape index (κ2) is 7.40. The number of fused-ring (bicyclic) bond motifs is 1. The van der Waals surface area contributed by atoms with E-state index in [4.69, 9.17) is 9.47 Å². The number of nitrogens with zero attached hydrogens (tertiary/aromatic N) is 3. The lowest BCUT2D eigenvalue weighted by Gasteiger charge is -2.38. The van der Waals surface area contributed by atoms with Crippen LogP contribution in [-0.2, 0) is 14.3 Å². The molecular weight excluding hydrogens is 382 g/mol. The number of pyridine rings is 1. The second-order valence-corrected chi connectivity index (χ2v) is 8.17. The molecule has 2 atom stereocenters. The summed E-state index contributed by atoms with van der Waals surface area (Å²) in [5.74, 6) is 0.531. The summed E-state index contributed by atoms with van der Waals surface area (Å²) in [5, 5.41) is 0. The van der Waals surface area contributed by atoms with Crippen molar-refractivity contribution in [3.05, 3.63) is 59.8 Å². The van der Waals surface area contributed by atoms with Gasteiger partial charge >= 0.3 is 5.97 Å². The smallest absolute Gasteiger partial charge is 0.339 e. The predicted octanol–water partition coefficient (Wildman–Crippen LogP) is 2.93. The van der Waals surface area contributed by atoms with Gasteiger partial charge in [0.2, 0.25) is 0 Å². The number of hydrogen-bond acceptors (Lipinski definition) is 6. The third-order valence-corrected chi connectivity index (χ3v) is 6.57. The molecule has 7 heteroatoms. The van der Waals surface area contributed by atoms with Crippen LogP contribution in [-0.4, -0.2) is 53.8 Å². The maximum absolute atomic E-state index is 13.5. The molecule has 0 saturated carbocycles. The lowest BCUT2D eigenvalue weighted by molar-refractivity contribution is -0.140. The molecule has 30 heavy (non-hydrogen) atoms. The van der Waals surface area contributed by atoms with Crippen molar-refractivity contribution >= 4 is 17.7 Å². The van der Waals surface area contributed by atoms with E-state index in [1.807, 2.05) is 29.2 Å². The van der Waals surface area contributed by atoms with Crippen LogP contribution in [0.25, 0.3) is 0 Å². The van der Waals surface area contributed by atoms with Gasteiger partial charge in [-0.15, -0.1) is 0 Å². The van der Waals surface area contributed by atoms with E-state index in [-0.39, 0.29) is 18.2 Å². The highest BCUT2D eigenvalue weighted by atomic mass is 16.6. The third kappa shape index (κ3) is 3.04. The highest BCUT2D eigenvalue weighted by Gasteiger charge is 2.57. The van der Waals surface area contributed by atoms with Crippen LogP contribution in [0.4, 0.5) is 5.82 Å². The Bertz CT molecular complexity index is 939. The zero-order valence-corrected chi connectivity index (χ0v) is 17.0. The number of hydrogen-bond donors (Lipinski definition) is 0. The van der Waals surface area contributed by atoms with Crippen LogP contribution in [0.15, 0.2) is 48.7 Å². The molecule has 2 aromatic rings. The Kier molecular flexibility index (Phi) is 4.70. The molecule has 3 aliphatic rings.